The fourth-order valence-corrected chi connectivity index (χ4v) is 2.24. The fraction of sp³-hybridized carbons (Fsp3) is 0.429. The number of rotatable bonds is 3. The van der Waals surface area contributed by atoms with Crippen molar-refractivity contribution in [2.45, 2.75) is 31.2 Å². The van der Waals surface area contributed by atoms with E-state index in [1.165, 1.54) is 0 Å². The van der Waals surface area contributed by atoms with Gasteiger partial charge in [0.25, 0.3) is 0 Å². The minimum atomic E-state index is -0.597. The number of hydrogen-bond donors (Lipinski definition) is 0. The molecule has 1 aliphatic rings. The second kappa shape index (κ2) is 5.46. The van der Waals surface area contributed by atoms with Gasteiger partial charge in [0, 0.05) is 5.92 Å². The van der Waals surface area contributed by atoms with Crippen LogP contribution in [0.4, 0.5) is 5.69 Å². The summed E-state index contributed by atoms with van der Waals surface area (Å²) >= 11 is 6.47. The van der Waals surface area contributed by atoms with Gasteiger partial charge in [0.1, 0.15) is 0 Å². The molecule has 3 heteroatoms. The molecule has 1 aromatic rings. The van der Waals surface area contributed by atoms with Crippen molar-refractivity contribution in [3.05, 3.63) is 42.5 Å². The summed E-state index contributed by atoms with van der Waals surface area (Å²) in [6.45, 7) is 1.95. The smallest absolute Gasteiger partial charge is 0.155 e. The molecule has 1 aliphatic carbocycles. The van der Waals surface area contributed by atoms with Crippen molar-refractivity contribution in [2.75, 3.05) is 0 Å². The van der Waals surface area contributed by atoms with Gasteiger partial charge in [-0.05, 0) is 38.3 Å². The number of allylic oxidation sites excluding steroid dienone is 2. The predicted molar refractivity (Wildman–Crippen MR) is 71.7 cm³/mol. The molecule has 2 unspecified atom stereocenters. The molecule has 1 aromatic carbocycles. The van der Waals surface area contributed by atoms with E-state index in [9.17, 15) is 0 Å². The van der Waals surface area contributed by atoms with E-state index in [4.69, 9.17) is 11.6 Å². The van der Waals surface area contributed by atoms with Crippen molar-refractivity contribution in [3.63, 3.8) is 0 Å². The minimum absolute atomic E-state index is 0.377. The molecule has 0 saturated carbocycles. The molecule has 2 rings (SSSR count). The SMILES string of the molecule is CC(Cl)(N=Nc1ccccc1)C1CC=CCC1. The number of halogens is 1. The zero-order valence-corrected chi connectivity index (χ0v) is 10.8. The first-order chi connectivity index (χ1) is 8.18. The van der Waals surface area contributed by atoms with E-state index in [1.807, 2.05) is 37.3 Å². The number of azo groups is 1. The fourth-order valence-electron chi connectivity index (χ4n) is 2.00. The maximum atomic E-state index is 6.47. The van der Waals surface area contributed by atoms with Crippen LogP contribution in [0.15, 0.2) is 52.7 Å². The molecule has 0 spiro atoms. The Bertz CT molecular complexity index is 409. The molecule has 0 fully saturated rings. The van der Waals surface area contributed by atoms with E-state index in [2.05, 4.69) is 22.4 Å². The molecular weight excluding hydrogens is 232 g/mol. The summed E-state index contributed by atoms with van der Waals surface area (Å²) in [5.74, 6) is 0.377. The van der Waals surface area contributed by atoms with Crippen LogP contribution in [0.25, 0.3) is 0 Å². The van der Waals surface area contributed by atoms with Gasteiger partial charge in [-0.2, -0.15) is 10.2 Å². The predicted octanol–water partition coefficient (Wildman–Crippen LogP) is 5.08. The number of hydrogen-bond acceptors (Lipinski definition) is 2. The van der Waals surface area contributed by atoms with Gasteiger partial charge in [-0.3, -0.25) is 0 Å². The van der Waals surface area contributed by atoms with Crippen LogP contribution in [0.2, 0.25) is 0 Å². The summed E-state index contributed by atoms with van der Waals surface area (Å²) in [5.41, 5.74) is 0.853. The first kappa shape index (κ1) is 12.3. The Labute approximate surface area is 107 Å². The Morgan fingerprint density at radius 3 is 2.65 bits per heavy atom. The molecule has 0 radical (unpaired) electrons. The minimum Gasteiger partial charge on any atom is -0.166 e. The molecule has 0 N–H and O–H groups in total. The highest BCUT2D eigenvalue weighted by atomic mass is 35.5. The lowest BCUT2D eigenvalue weighted by Gasteiger charge is -2.28. The molecule has 2 nitrogen and oxygen atoms in total. The van der Waals surface area contributed by atoms with E-state index in [1.54, 1.807) is 0 Å². The third-order valence-electron chi connectivity index (χ3n) is 3.13. The van der Waals surface area contributed by atoms with Gasteiger partial charge in [0.2, 0.25) is 0 Å². The normalized spacial score (nSPS) is 23.8. The Hall–Kier alpha value is -1.15. The first-order valence-corrected chi connectivity index (χ1v) is 6.38. The summed E-state index contributed by atoms with van der Waals surface area (Å²) in [7, 11) is 0. The van der Waals surface area contributed by atoms with E-state index in [-0.39, 0.29) is 0 Å². The van der Waals surface area contributed by atoms with Crippen LogP contribution in [0.3, 0.4) is 0 Å². The molecule has 0 saturated heterocycles. The molecule has 0 amide bonds. The van der Waals surface area contributed by atoms with E-state index < -0.39 is 5.00 Å². The second-order valence-electron chi connectivity index (χ2n) is 4.54. The Kier molecular flexibility index (Phi) is 3.95. The molecule has 0 heterocycles. The van der Waals surface area contributed by atoms with Gasteiger partial charge < -0.3 is 0 Å². The van der Waals surface area contributed by atoms with E-state index in [0.717, 1.165) is 24.9 Å². The first-order valence-electron chi connectivity index (χ1n) is 6.00. The van der Waals surface area contributed by atoms with Crippen LogP contribution in [0.1, 0.15) is 26.2 Å². The van der Waals surface area contributed by atoms with Crippen LogP contribution in [0.5, 0.6) is 0 Å². The third kappa shape index (κ3) is 3.40. The summed E-state index contributed by atoms with van der Waals surface area (Å²) in [6.07, 6.45) is 7.57. The Morgan fingerprint density at radius 2 is 2.00 bits per heavy atom. The van der Waals surface area contributed by atoms with Crippen molar-refractivity contribution < 1.29 is 0 Å². The lowest BCUT2D eigenvalue weighted by Crippen LogP contribution is -2.26. The standard InChI is InChI=1S/C14H17ClN2/c1-14(15,12-8-4-2-5-9-12)17-16-13-10-6-3-7-11-13/h2-4,6-7,10-12H,5,8-9H2,1H3. The molecule has 17 heavy (non-hydrogen) atoms. The zero-order valence-electron chi connectivity index (χ0n) is 10.0. The number of benzene rings is 1. The summed E-state index contributed by atoms with van der Waals surface area (Å²) in [5, 5.41) is 8.53. The summed E-state index contributed by atoms with van der Waals surface area (Å²) < 4.78 is 0. The lowest BCUT2D eigenvalue weighted by atomic mass is 9.88. The molecule has 90 valence electrons. The van der Waals surface area contributed by atoms with Gasteiger partial charge in [-0.1, -0.05) is 42.0 Å². The molecule has 2 atom stereocenters. The van der Waals surface area contributed by atoms with Gasteiger partial charge in [-0.15, -0.1) is 0 Å². The van der Waals surface area contributed by atoms with Crippen LogP contribution in [-0.4, -0.2) is 5.00 Å². The van der Waals surface area contributed by atoms with Gasteiger partial charge in [-0.25, -0.2) is 0 Å². The van der Waals surface area contributed by atoms with E-state index >= 15 is 0 Å². The second-order valence-corrected chi connectivity index (χ2v) is 5.31. The monoisotopic (exact) mass is 248 g/mol. The number of nitrogens with zero attached hydrogens (tertiary/aromatic N) is 2. The average Bonchev–Trinajstić information content (AvgIpc) is 2.39. The summed E-state index contributed by atoms with van der Waals surface area (Å²) in [4.78, 5) is -0.597. The van der Waals surface area contributed by atoms with E-state index in [0.29, 0.717) is 5.92 Å². The summed E-state index contributed by atoms with van der Waals surface area (Å²) in [6, 6.07) is 9.71. The highest BCUT2D eigenvalue weighted by Crippen LogP contribution is 2.36. The van der Waals surface area contributed by atoms with Crippen molar-refractivity contribution in [3.8, 4) is 0 Å². The molecule has 0 aromatic heterocycles. The molecule has 0 bridgehead atoms. The Balaban J connectivity index is 2.06. The van der Waals surface area contributed by atoms with Crippen LogP contribution in [0, 0.1) is 5.92 Å². The van der Waals surface area contributed by atoms with Crippen molar-refractivity contribution in [2.24, 2.45) is 16.1 Å². The molecule has 0 aliphatic heterocycles. The maximum Gasteiger partial charge on any atom is 0.155 e. The van der Waals surface area contributed by atoms with Gasteiger partial charge in [0.05, 0.1) is 5.69 Å². The largest absolute Gasteiger partial charge is 0.166 e. The Morgan fingerprint density at radius 1 is 1.24 bits per heavy atom. The topological polar surface area (TPSA) is 24.7 Å². The van der Waals surface area contributed by atoms with Gasteiger partial charge >= 0.3 is 0 Å². The van der Waals surface area contributed by atoms with Crippen molar-refractivity contribution >= 4 is 17.3 Å². The van der Waals surface area contributed by atoms with Gasteiger partial charge in [0.15, 0.2) is 5.00 Å². The maximum absolute atomic E-state index is 6.47. The average molecular weight is 249 g/mol. The van der Waals surface area contributed by atoms with Crippen LogP contribution < -0.4 is 0 Å². The van der Waals surface area contributed by atoms with Crippen molar-refractivity contribution in [1.29, 1.82) is 0 Å². The van der Waals surface area contributed by atoms with Crippen LogP contribution >= 0.6 is 11.6 Å². The quantitative estimate of drug-likeness (QED) is 0.308. The third-order valence-corrected chi connectivity index (χ3v) is 3.52. The number of alkyl halides is 1. The highest BCUT2D eigenvalue weighted by molar-refractivity contribution is 6.23. The highest BCUT2D eigenvalue weighted by Gasteiger charge is 2.31. The van der Waals surface area contributed by atoms with Crippen LogP contribution in [-0.2, 0) is 0 Å². The van der Waals surface area contributed by atoms with Crippen molar-refractivity contribution in [1.82, 2.24) is 0 Å². The zero-order chi connectivity index (χ0) is 12.1. The molecular formula is C14H17ClN2. The lowest BCUT2D eigenvalue weighted by molar-refractivity contribution is 0.361.